The molecular formula is C12H13Cl. The second-order valence-electron chi connectivity index (χ2n) is 3.86. The first-order valence-corrected chi connectivity index (χ1v) is 4.93. The lowest BCUT2D eigenvalue weighted by Crippen LogP contribution is -1.91. The minimum Gasteiger partial charge on any atom is -0.0840 e. The molecule has 2 rings (SSSR count). The van der Waals surface area contributed by atoms with Crippen LogP contribution in [0.25, 0.3) is 6.08 Å². The van der Waals surface area contributed by atoms with Gasteiger partial charge in [-0.05, 0) is 55.5 Å². The summed E-state index contributed by atoms with van der Waals surface area (Å²) in [5.74, 6) is 0. The SMILES string of the molecule is CC1=Cc2c(C)c(C)cc(Cl)c2C1. The van der Waals surface area contributed by atoms with Crippen LogP contribution in [0.2, 0.25) is 5.02 Å². The second kappa shape index (κ2) is 2.88. The van der Waals surface area contributed by atoms with Crippen LogP contribution < -0.4 is 0 Å². The van der Waals surface area contributed by atoms with E-state index >= 15 is 0 Å². The quantitative estimate of drug-likeness (QED) is 0.585. The van der Waals surface area contributed by atoms with Gasteiger partial charge in [0.1, 0.15) is 0 Å². The van der Waals surface area contributed by atoms with Gasteiger partial charge in [0, 0.05) is 5.02 Å². The summed E-state index contributed by atoms with van der Waals surface area (Å²) in [6.45, 7) is 6.44. The number of hydrogen-bond acceptors (Lipinski definition) is 0. The zero-order chi connectivity index (χ0) is 9.59. The smallest absolute Gasteiger partial charge is 0.0450 e. The molecule has 0 atom stereocenters. The minimum atomic E-state index is 0.922. The maximum Gasteiger partial charge on any atom is 0.0450 e. The Kier molecular flexibility index (Phi) is 1.96. The number of aryl methyl sites for hydroxylation is 1. The van der Waals surface area contributed by atoms with Crippen molar-refractivity contribution in [3.05, 3.63) is 38.9 Å². The van der Waals surface area contributed by atoms with Crippen molar-refractivity contribution in [2.45, 2.75) is 27.2 Å². The van der Waals surface area contributed by atoms with E-state index in [1.165, 1.54) is 27.8 Å². The Morgan fingerprint density at radius 2 is 1.92 bits per heavy atom. The lowest BCUT2D eigenvalue weighted by Gasteiger charge is -2.08. The van der Waals surface area contributed by atoms with Gasteiger partial charge in [0.05, 0.1) is 0 Å². The fourth-order valence-electron chi connectivity index (χ4n) is 1.90. The topological polar surface area (TPSA) is 0 Å². The van der Waals surface area contributed by atoms with Crippen molar-refractivity contribution in [1.82, 2.24) is 0 Å². The molecule has 1 heteroatoms. The molecule has 68 valence electrons. The number of rotatable bonds is 0. The number of halogens is 1. The Hall–Kier alpha value is -0.750. The number of fused-ring (bicyclic) bond motifs is 1. The summed E-state index contributed by atoms with van der Waals surface area (Å²) in [5.41, 5.74) is 6.72. The first-order chi connectivity index (χ1) is 6.09. The lowest BCUT2D eigenvalue weighted by molar-refractivity contribution is 1.18. The summed E-state index contributed by atoms with van der Waals surface area (Å²) in [5, 5.41) is 0.922. The molecule has 0 unspecified atom stereocenters. The van der Waals surface area contributed by atoms with Gasteiger partial charge in [-0.3, -0.25) is 0 Å². The average molecular weight is 193 g/mol. The molecule has 0 bridgehead atoms. The zero-order valence-corrected chi connectivity index (χ0v) is 9.00. The van der Waals surface area contributed by atoms with E-state index in [1.54, 1.807) is 0 Å². The highest BCUT2D eigenvalue weighted by atomic mass is 35.5. The summed E-state index contributed by atoms with van der Waals surface area (Å²) in [6.07, 6.45) is 3.28. The van der Waals surface area contributed by atoms with Crippen molar-refractivity contribution in [1.29, 1.82) is 0 Å². The monoisotopic (exact) mass is 192 g/mol. The third-order valence-electron chi connectivity index (χ3n) is 2.80. The van der Waals surface area contributed by atoms with Crippen LogP contribution in [0.15, 0.2) is 11.6 Å². The van der Waals surface area contributed by atoms with E-state index in [2.05, 4.69) is 32.9 Å². The Morgan fingerprint density at radius 1 is 1.23 bits per heavy atom. The van der Waals surface area contributed by atoms with Crippen molar-refractivity contribution in [2.24, 2.45) is 0 Å². The molecule has 0 amide bonds. The predicted octanol–water partition coefficient (Wildman–Crippen LogP) is 3.92. The van der Waals surface area contributed by atoms with Crippen LogP contribution >= 0.6 is 11.6 Å². The maximum absolute atomic E-state index is 6.18. The molecule has 0 radical (unpaired) electrons. The van der Waals surface area contributed by atoms with Crippen molar-refractivity contribution in [2.75, 3.05) is 0 Å². The number of allylic oxidation sites excluding steroid dienone is 1. The first-order valence-electron chi connectivity index (χ1n) is 4.55. The van der Waals surface area contributed by atoms with Gasteiger partial charge >= 0.3 is 0 Å². The standard InChI is InChI=1S/C12H13Cl/c1-7-4-10-9(3)8(2)6-12(13)11(10)5-7/h4,6H,5H2,1-3H3. The van der Waals surface area contributed by atoms with Crippen LogP contribution in [0.4, 0.5) is 0 Å². The third kappa shape index (κ3) is 1.30. The molecule has 1 aliphatic rings. The molecule has 0 heterocycles. The van der Waals surface area contributed by atoms with Crippen molar-refractivity contribution >= 4 is 17.7 Å². The Balaban J connectivity index is 2.71. The van der Waals surface area contributed by atoms with Crippen LogP contribution in [0.1, 0.15) is 29.2 Å². The highest BCUT2D eigenvalue weighted by Gasteiger charge is 2.16. The largest absolute Gasteiger partial charge is 0.0840 e. The van der Waals surface area contributed by atoms with Crippen LogP contribution in [0, 0.1) is 13.8 Å². The molecule has 0 fully saturated rings. The number of hydrogen-bond donors (Lipinski definition) is 0. The number of benzene rings is 1. The van der Waals surface area contributed by atoms with Gasteiger partial charge < -0.3 is 0 Å². The molecule has 0 spiro atoms. The van der Waals surface area contributed by atoms with Gasteiger partial charge in [0.15, 0.2) is 0 Å². The van der Waals surface area contributed by atoms with E-state index in [-0.39, 0.29) is 0 Å². The predicted molar refractivity (Wildman–Crippen MR) is 58.3 cm³/mol. The fourth-order valence-corrected chi connectivity index (χ4v) is 2.24. The van der Waals surface area contributed by atoms with E-state index < -0.39 is 0 Å². The van der Waals surface area contributed by atoms with Crippen LogP contribution in [0.5, 0.6) is 0 Å². The zero-order valence-electron chi connectivity index (χ0n) is 8.24. The second-order valence-corrected chi connectivity index (χ2v) is 4.27. The molecule has 13 heavy (non-hydrogen) atoms. The summed E-state index contributed by atoms with van der Waals surface area (Å²) < 4.78 is 0. The van der Waals surface area contributed by atoms with Gasteiger partial charge in [-0.25, -0.2) is 0 Å². The van der Waals surface area contributed by atoms with E-state index in [9.17, 15) is 0 Å². The molecule has 0 aliphatic heterocycles. The highest BCUT2D eigenvalue weighted by Crippen LogP contribution is 2.34. The van der Waals surface area contributed by atoms with Gasteiger partial charge in [0.2, 0.25) is 0 Å². The molecule has 1 aromatic rings. The summed E-state index contributed by atoms with van der Waals surface area (Å²) in [7, 11) is 0. The van der Waals surface area contributed by atoms with Gasteiger partial charge in [-0.1, -0.05) is 23.3 Å². The summed E-state index contributed by atoms with van der Waals surface area (Å²) in [4.78, 5) is 0. The molecule has 0 nitrogen and oxygen atoms in total. The van der Waals surface area contributed by atoms with Gasteiger partial charge in [-0.2, -0.15) is 0 Å². The van der Waals surface area contributed by atoms with Gasteiger partial charge in [0.25, 0.3) is 0 Å². The minimum absolute atomic E-state index is 0.922. The first kappa shape index (κ1) is 8.83. The summed E-state index contributed by atoms with van der Waals surface area (Å²) in [6, 6.07) is 2.07. The van der Waals surface area contributed by atoms with E-state index in [4.69, 9.17) is 11.6 Å². The Morgan fingerprint density at radius 3 is 2.62 bits per heavy atom. The third-order valence-corrected chi connectivity index (χ3v) is 3.14. The lowest BCUT2D eigenvalue weighted by atomic mass is 10.00. The van der Waals surface area contributed by atoms with E-state index in [0.29, 0.717) is 0 Å². The average Bonchev–Trinajstić information content (AvgIpc) is 2.44. The molecule has 1 aromatic carbocycles. The van der Waals surface area contributed by atoms with Crippen LogP contribution in [-0.2, 0) is 6.42 Å². The van der Waals surface area contributed by atoms with Crippen LogP contribution in [-0.4, -0.2) is 0 Å². The summed E-state index contributed by atoms with van der Waals surface area (Å²) >= 11 is 6.18. The van der Waals surface area contributed by atoms with Crippen LogP contribution in [0.3, 0.4) is 0 Å². The molecule has 1 aliphatic carbocycles. The van der Waals surface area contributed by atoms with Crippen molar-refractivity contribution in [3.63, 3.8) is 0 Å². The molecule has 0 saturated heterocycles. The maximum atomic E-state index is 6.18. The fraction of sp³-hybridized carbons (Fsp3) is 0.333. The van der Waals surface area contributed by atoms with E-state index in [1.807, 2.05) is 0 Å². The van der Waals surface area contributed by atoms with E-state index in [0.717, 1.165) is 11.4 Å². The van der Waals surface area contributed by atoms with Crippen molar-refractivity contribution in [3.8, 4) is 0 Å². The highest BCUT2D eigenvalue weighted by molar-refractivity contribution is 6.31. The van der Waals surface area contributed by atoms with Gasteiger partial charge in [-0.15, -0.1) is 0 Å². The Bertz CT molecular complexity index is 400. The Labute approximate surface area is 84.2 Å². The molecule has 0 saturated carbocycles. The molecular weight excluding hydrogens is 180 g/mol. The molecule has 0 N–H and O–H groups in total. The normalized spacial score (nSPS) is 14.3. The van der Waals surface area contributed by atoms with Crippen molar-refractivity contribution < 1.29 is 0 Å². The molecule has 0 aromatic heterocycles.